The molecule has 0 unspecified atom stereocenters. The van der Waals surface area contributed by atoms with Gasteiger partial charge >= 0.3 is 0 Å². The highest BCUT2D eigenvalue weighted by Crippen LogP contribution is 2.34. The van der Waals surface area contributed by atoms with Gasteiger partial charge in [-0.05, 0) is 31.9 Å². The van der Waals surface area contributed by atoms with E-state index in [1.165, 1.54) is 0 Å². The van der Waals surface area contributed by atoms with Gasteiger partial charge < -0.3 is 4.57 Å². The number of hydrogen-bond acceptors (Lipinski definition) is 3. The summed E-state index contributed by atoms with van der Waals surface area (Å²) in [5, 5.41) is 7.53. The maximum absolute atomic E-state index is 11.5. The van der Waals surface area contributed by atoms with Crippen LogP contribution in [-0.2, 0) is 4.57 Å². The van der Waals surface area contributed by atoms with E-state index in [2.05, 4.69) is 10.2 Å². The van der Waals surface area contributed by atoms with E-state index in [0.29, 0.717) is 5.44 Å². The van der Waals surface area contributed by atoms with Crippen molar-refractivity contribution in [1.82, 2.24) is 10.2 Å². The van der Waals surface area contributed by atoms with Crippen LogP contribution in [0.3, 0.4) is 0 Å². The Hall–Kier alpha value is -0.690. The molecule has 0 saturated heterocycles. The van der Waals surface area contributed by atoms with Crippen LogP contribution in [0.2, 0.25) is 0 Å². The SMILES string of the molecule is Cc1ccnnc1P(C)(C)=O. The van der Waals surface area contributed by atoms with Crippen molar-refractivity contribution in [2.45, 2.75) is 6.92 Å². The van der Waals surface area contributed by atoms with Gasteiger partial charge in [0.1, 0.15) is 12.6 Å². The molecular formula is C7H11N2OP. The molecule has 0 radical (unpaired) electrons. The lowest BCUT2D eigenvalue weighted by Crippen LogP contribution is -2.13. The average molecular weight is 170 g/mol. The summed E-state index contributed by atoms with van der Waals surface area (Å²) in [4.78, 5) is 0. The van der Waals surface area contributed by atoms with Crippen molar-refractivity contribution < 1.29 is 4.57 Å². The minimum Gasteiger partial charge on any atom is -0.318 e. The van der Waals surface area contributed by atoms with Crippen LogP contribution in [0.5, 0.6) is 0 Å². The van der Waals surface area contributed by atoms with Crippen LogP contribution >= 0.6 is 7.14 Å². The van der Waals surface area contributed by atoms with Crippen LogP contribution < -0.4 is 5.44 Å². The maximum atomic E-state index is 11.5. The van der Waals surface area contributed by atoms with E-state index in [4.69, 9.17) is 0 Å². The largest absolute Gasteiger partial charge is 0.318 e. The second-order valence-electron chi connectivity index (χ2n) is 2.89. The minimum atomic E-state index is -2.23. The summed E-state index contributed by atoms with van der Waals surface area (Å²) < 4.78 is 11.5. The molecule has 0 fully saturated rings. The summed E-state index contributed by atoms with van der Waals surface area (Å²) in [5.74, 6) is 0. The van der Waals surface area contributed by atoms with Gasteiger partial charge in [0, 0.05) is 6.20 Å². The Labute approximate surface area is 66.2 Å². The predicted molar refractivity (Wildman–Crippen MR) is 45.9 cm³/mol. The summed E-state index contributed by atoms with van der Waals surface area (Å²) in [6, 6.07) is 1.82. The molecule has 0 atom stereocenters. The fourth-order valence-electron chi connectivity index (χ4n) is 0.919. The number of aryl methyl sites for hydroxylation is 1. The van der Waals surface area contributed by atoms with Crippen molar-refractivity contribution in [2.24, 2.45) is 0 Å². The number of nitrogens with zero attached hydrogens (tertiary/aromatic N) is 2. The lowest BCUT2D eigenvalue weighted by Gasteiger charge is -2.06. The van der Waals surface area contributed by atoms with Gasteiger partial charge in [-0.2, -0.15) is 5.10 Å². The molecule has 0 saturated carbocycles. The van der Waals surface area contributed by atoms with Gasteiger partial charge in [0.2, 0.25) is 0 Å². The van der Waals surface area contributed by atoms with Gasteiger partial charge in [-0.25, -0.2) is 0 Å². The Morgan fingerprint density at radius 1 is 1.45 bits per heavy atom. The van der Waals surface area contributed by atoms with Crippen molar-refractivity contribution in [2.75, 3.05) is 13.3 Å². The molecule has 60 valence electrons. The van der Waals surface area contributed by atoms with Gasteiger partial charge in [-0.15, -0.1) is 5.10 Å². The molecule has 0 aliphatic heterocycles. The third kappa shape index (κ3) is 1.87. The first-order valence-electron chi connectivity index (χ1n) is 3.35. The quantitative estimate of drug-likeness (QED) is 0.591. The van der Waals surface area contributed by atoms with Gasteiger partial charge in [0.05, 0.1) is 0 Å². The van der Waals surface area contributed by atoms with Crippen molar-refractivity contribution >= 4 is 12.6 Å². The van der Waals surface area contributed by atoms with Crippen LogP contribution in [-0.4, -0.2) is 23.5 Å². The standard InChI is InChI=1S/C7H11N2OP/c1-6-4-5-8-9-7(6)11(2,3)10/h4-5H,1-3H3. The Bertz CT molecular complexity index is 305. The van der Waals surface area contributed by atoms with E-state index >= 15 is 0 Å². The molecule has 3 nitrogen and oxygen atoms in total. The zero-order valence-electron chi connectivity index (χ0n) is 6.90. The Morgan fingerprint density at radius 2 is 2.09 bits per heavy atom. The molecule has 1 aromatic rings. The fourth-order valence-corrected chi connectivity index (χ4v) is 2.11. The lowest BCUT2D eigenvalue weighted by molar-refractivity contribution is 0.587. The minimum absolute atomic E-state index is 0.639. The summed E-state index contributed by atoms with van der Waals surface area (Å²) >= 11 is 0. The smallest absolute Gasteiger partial charge is 0.129 e. The average Bonchev–Trinajstić information content (AvgIpc) is 1.86. The van der Waals surface area contributed by atoms with Crippen molar-refractivity contribution in [3.8, 4) is 0 Å². The highest BCUT2D eigenvalue weighted by molar-refractivity contribution is 7.69. The third-order valence-electron chi connectivity index (χ3n) is 1.41. The second kappa shape index (κ2) is 2.74. The van der Waals surface area contributed by atoms with Gasteiger partial charge in [0.25, 0.3) is 0 Å². The van der Waals surface area contributed by atoms with Crippen LogP contribution in [0, 0.1) is 6.92 Å². The first-order chi connectivity index (χ1) is 5.02. The van der Waals surface area contributed by atoms with Gasteiger partial charge in [-0.1, -0.05) is 0 Å². The first kappa shape index (κ1) is 8.41. The monoisotopic (exact) mass is 170 g/mol. The summed E-state index contributed by atoms with van der Waals surface area (Å²) in [5.41, 5.74) is 1.59. The zero-order valence-corrected chi connectivity index (χ0v) is 7.80. The van der Waals surface area contributed by atoms with Crippen LogP contribution in [0.15, 0.2) is 12.3 Å². The molecule has 0 bridgehead atoms. The second-order valence-corrected chi connectivity index (χ2v) is 6.01. The molecule has 0 N–H and O–H groups in total. The van der Waals surface area contributed by atoms with Crippen molar-refractivity contribution in [3.05, 3.63) is 17.8 Å². The molecule has 0 amide bonds. The molecule has 0 aliphatic rings. The number of hydrogen-bond donors (Lipinski definition) is 0. The Morgan fingerprint density at radius 3 is 2.45 bits per heavy atom. The number of aromatic nitrogens is 2. The van der Waals surface area contributed by atoms with Crippen LogP contribution in [0.4, 0.5) is 0 Å². The van der Waals surface area contributed by atoms with E-state index in [-0.39, 0.29) is 0 Å². The van der Waals surface area contributed by atoms with Gasteiger partial charge in [-0.3, -0.25) is 0 Å². The van der Waals surface area contributed by atoms with E-state index < -0.39 is 7.14 Å². The molecule has 0 aliphatic carbocycles. The number of rotatable bonds is 1. The van der Waals surface area contributed by atoms with Crippen LogP contribution in [0.1, 0.15) is 5.56 Å². The molecule has 11 heavy (non-hydrogen) atoms. The fraction of sp³-hybridized carbons (Fsp3) is 0.429. The topological polar surface area (TPSA) is 42.9 Å². The predicted octanol–water partition coefficient (Wildman–Crippen LogP) is 1.03. The molecule has 1 aromatic heterocycles. The van der Waals surface area contributed by atoms with E-state index in [9.17, 15) is 4.57 Å². The Balaban J connectivity index is 3.25. The van der Waals surface area contributed by atoms with E-state index in [1.807, 2.05) is 13.0 Å². The summed E-state index contributed by atoms with van der Waals surface area (Å²) in [6.07, 6.45) is 1.61. The zero-order chi connectivity index (χ0) is 8.48. The third-order valence-corrected chi connectivity index (χ3v) is 2.87. The molecule has 1 rings (SSSR count). The van der Waals surface area contributed by atoms with E-state index in [1.54, 1.807) is 19.5 Å². The molecule has 0 aromatic carbocycles. The highest BCUT2D eigenvalue weighted by Gasteiger charge is 2.15. The van der Waals surface area contributed by atoms with E-state index in [0.717, 1.165) is 5.56 Å². The van der Waals surface area contributed by atoms with Crippen molar-refractivity contribution in [3.63, 3.8) is 0 Å². The Kier molecular flexibility index (Phi) is 2.10. The van der Waals surface area contributed by atoms with Gasteiger partial charge in [0.15, 0.2) is 0 Å². The lowest BCUT2D eigenvalue weighted by atomic mass is 10.4. The molecular weight excluding hydrogens is 159 g/mol. The maximum Gasteiger partial charge on any atom is 0.129 e. The summed E-state index contributed by atoms with van der Waals surface area (Å²) in [7, 11) is -2.23. The normalized spacial score (nSPS) is 11.5. The van der Waals surface area contributed by atoms with Crippen LogP contribution in [0.25, 0.3) is 0 Å². The molecule has 1 heterocycles. The molecule has 0 spiro atoms. The summed E-state index contributed by atoms with van der Waals surface area (Å²) in [6.45, 7) is 5.29. The van der Waals surface area contributed by atoms with Crippen molar-refractivity contribution in [1.29, 1.82) is 0 Å². The first-order valence-corrected chi connectivity index (χ1v) is 5.96. The molecule has 4 heteroatoms. The highest BCUT2D eigenvalue weighted by atomic mass is 31.2.